The zero-order valence-electron chi connectivity index (χ0n) is 9.72. The van der Waals surface area contributed by atoms with E-state index in [0.717, 1.165) is 12.0 Å². The van der Waals surface area contributed by atoms with Gasteiger partial charge in [0.1, 0.15) is 5.75 Å². The molecule has 0 N–H and O–H groups in total. The van der Waals surface area contributed by atoms with Gasteiger partial charge < -0.3 is 0 Å². The predicted octanol–water partition coefficient (Wildman–Crippen LogP) is 2.58. The molecular weight excluding hydrogens is 224 g/mol. The van der Waals surface area contributed by atoms with Crippen molar-refractivity contribution in [3.63, 3.8) is 0 Å². The molecule has 90 valence electrons. The first-order valence-electron chi connectivity index (χ1n) is 5.44. The Hall–Kier alpha value is -0.870. The van der Waals surface area contributed by atoms with Crippen LogP contribution in [0.2, 0.25) is 0 Å². The lowest BCUT2D eigenvalue weighted by Crippen LogP contribution is -2.13. The summed E-state index contributed by atoms with van der Waals surface area (Å²) < 4.78 is 28.2. The van der Waals surface area contributed by atoms with E-state index in [1.54, 1.807) is 12.1 Å². The second-order valence-corrected chi connectivity index (χ2v) is 5.63. The molecule has 0 bridgehead atoms. The smallest absolute Gasteiger partial charge is 0.270 e. The molecule has 0 aromatic heterocycles. The van der Waals surface area contributed by atoms with Gasteiger partial charge in [0.2, 0.25) is 0 Å². The summed E-state index contributed by atoms with van der Waals surface area (Å²) in [4.78, 5) is 0. The van der Waals surface area contributed by atoms with E-state index >= 15 is 0 Å². The second-order valence-electron chi connectivity index (χ2n) is 3.99. The van der Waals surface area contributed by atoms with Crippen LogP contribution in [0.4, 0.5) is 0 Å². The number of benzene rings is 1. The lowest BCUT2D eigenvalue weighted by Gasteiger charge is -2.09. The third kappa shape index (κ3) is 4.77. The Kier molecular flexibility index (Phi) is 4.96. The van der Waals surface area contributed by atoms with E-state index in [4.69, 9.17) is 4.18 Å². The fourth-order valence-corrected chi connectivity index (χ4v) is 2.28. The van der Waals surface area contributed by atoms with Crippen molar-refractivity contribution in [3.8, 4) is 0 Å². The number of rotatable bonds is 6. The van der Waals surface area contributed by atoms with Gasteiger partial charge in [0.15, 0.2) is 0 Å². The molecule has 16 heavy (non-hydrogen) atoms. The van der Waals surface area contributed by atoms with Crippen molar-refractivity contribution >= 4 is 10.1 Å². The summed E-state index contributed by atoms with van der Waals surface area (Å²) in [6.07, 6.45) is 0.918. The van der Waals surface area contributed by atoms with Crippen LogP contribution in [0.25, 0.3) is 0 Å². The Balaban J connectivity index is 2.53. The lowest BCUT2D eigenvalue weighted by atomic mass is 10.1. The Morgan fingerprint density at radius 3 is 2.44 bits per heavy atom. The molecular formula is C12H18O3S. The quantitative estimate of drug-likeness (QED) is 0.720. The second kappa shape index (κ2) is 6.01. The van der Waals surface area contributed by atoms with E-state index in [9.17, 15) is 8.42 Å². The minimum atomic E-state index is -3.44. The topological polar surface area (TPSA) is 43.4 Å². The summed E-state index contributed by atoms with van der Waals surface area (Å²) in [5.41, 5.74) is 0.756. The molecule has 1 rings (SSSR count). The molecule has 0 unspecified atom stereocenters. The standard InChI is InChI=1S/C12H18O3S/c1-3-11(2)9-15-16(13,14)10-12-7-5-4-6-8-12/h4-8,11H,3,9-10H2,1-2H3/t11-/m0/s1. The predicted molar refractivity (Wildman–Crippen MR) is 64.5 cm³/mol. The van der Waals surface area contributed by atoms with Crippen molar-refractivity contribution in [2.75, 3.05) is 6.61 Å². The van der Waals surface area contributed by atoms with Gasteiger partial charge in [-0.3, -0.25) is 4.18 Å². The molecule has 0 radical (unpaired) electrons. The molecule has 0 saturated carbocycles. The van der Waals surface area contributed by atoms with Gasteiger partial charge in [-0.1, -0.05) is 50.6 Å². The highest BCUT2D eigenvalue weighted by Crippen LogP contribution is 2.10. The molecule has 0 aliphatic rings. The molecule has 4 heteroatoms. The van der Waals surface area contributed by atoms with Gasteiger partial charge >= 0.3 is 0 Å². The minimum absolute atomic E-state index is 0.0513. The van der Waals surface area contributed by atoms with E-state index in [2.05, 4.69) is 0 Å². The molecule has 0 spiro atoms. The van der Waals surface area contributed by atoms with Crippen molar-refractivity contribution in [2.45, 2.75) is 26.0 Å². The summed E-state index contributed by atoms with van der Waals surface area (Å²) in [6, 6.07) is 9.06. The Labute approximate surface area is 97.6 Å². The molecule has 1 aromatic rings. The summed E-state index contributed by atoms with van der Waals surface area (Å²) in [7, 11) is -3.44. The van der Waals surface area contributed by atoms with Gasteiger partial charge in [0.05, 0.1) is 6.61 Å². The van der Waals surface area contributed by atoms with Crippen LogP contribution >= 0.6 is 0 Å². The van der Waals surface area contributed by atoms with Crippen molar-refractivity contribution in [3.05, 3.63) is 35.9 Å². The average molecular weight is 242 g/mol. The number of hydrogen-bond acceptors (Lipinski definition) is 3. The highest BCUT2D eigenvalue weighted by molar-refractivity contribution is 7.85. The van der Waals surface area contributed by atoms with E-state index < -0.39 is 10.1 Å². The molecule has 1 atom stereocenters. The fourth-order valence-electron chi connectivity index (χ4n) is 1.16. The molecule has 1 aromatic carbocycles. The largest absolute Gasteiger partial charge is 0.271 e. The molecule has 0 aliphatic heterocycles. The molecule has 0 heterocycles. The van der Waals surface area contributed by atoms with Crippen molar-refractivity contribution in [2.24, 2.45) is 5.92 Å². The normalized spacial score (nSPS) is 13.6. The SMILES string of the molecule is CC[C@H](C)COS(=O)(=O)Cc1ccccc1. The van der Waals surface area contributed by atoms with Crippen molar-refractivity contribution in [1.82, 2.24) is 0 Å². The van der Waals surface area contributed by atoms with Crippen LogP contribution in [0.3, 0.4) is 0 Å². The third-order valence-corrected chi connectivity index (χ3v) is 3.60. The van der Waals surface area contributed by atoms with Gasteiger partial charge in [-0.05, 0) is 11.5 Å². The van der Waals surface area contributed by atoms with E-state index in [1.165, 1.54) is 0 Å². The summed E-state index contributed by atoms with van der Waals surface area (Å²) in [6.45, 7) is 4.25. The molecule has 0 amide bonds. The van der Waals surface area contributed by atoms with Crippen LogP contribution in [0.15, 0.2) is 30.3 Å². The summed E-state index contributed by atoms with van der Waals surface area (Å²) in [5.74, 6) is 0.218. The fraction of sp³-hybridized carbons (Fsp3) is 0.500. The first-order valence-corrected chi connectivity index (χ1v) is 7.02. The lowest BCUT2D eigenvalue weighted by molar-refractivity contribution is 0.261. The highest BCUT2D eigenvalue weighted by Gasteiger charge is 2.13. The zero-order valence-corrected chi connectivity index (χ0v) is 10.5. The Morgan fingerprint density at radius 1 is 1.25 bits per heavy atom. The molecule has 3 nitrogen and oxygen atoms in total. The first-order chi connectivity index (χ1) is 7.53. The first kappa shape index (κ1) is 13.2. The maximum absolute atomic E-state index is 11.6. The maximum Gasteiger partial charge on any atom is 0.271 e. The van der Waals surface area contributed by atoms with Gasteiger partial charge in [-0.25, -0.2) is 0 Å². The van der Waals surface area contributed by atoms with Crippen LogP contribution in [0.1, 0.15) is 25.8 Å². The molecule has 0 fully saturated rings. The zero-order chi connectivity index (χ0) is 12.0. The highest BCUT2D eigenvalue weighted by atomic mass is 32.2. The van der Waals surface area contributed by atoms with E-state index in [0.29, 0.717) is 0 Å². The van der Waals surface area contributed by atoms with Gasteiger partial charge in [-0.15, -0.1) is 0 Å². The van der Waals surface area contributed by atoms with Gasteiger partial charge in [0.25, 0.3) is 10.1 Å². The molecule has 0 aliphatic carbocycles. The van der Waals surface area contributed by atoms with Crippen molar-refractivity contribution < 1.29 is 12.6 Å². The monoisotopic (exact) mass is 242 g/mol. The van der Waals surface area contributed by atoms with Gasteiger partial charge in [-0.2, -0.15) is 8.42 Å². The van der Waals surface area contributed by atoms with E-state index in [1.807, 2.05) is 32.0 Å². The van der Waals surface area contributed by atoms with Crippen LogP contribution in [-0.4, -0.2) is 15.0 Å². The average Bonchev–Trinajstić information content (AvgIpc) is 2.27. The van der Waals surface area contributed by atoms with Gasteiger partial charge in [0, 0.05) is 0 Å². The molecule has 0 saturated heterocycles. The number of hydrogen-bond donors (Lipinski definition) is 0. The van der Waals surface area contributed by atoms with E-state index in [-0.39, 0.29) is 18.3 Å². The van der Waals surface area contributed by atoms with Crippen LogP contribution in [0.5, 0.6) is 0 Å². The van der Waals surface area contributed by atoms with Crippen LogP contribution < -0.4 is 0 Å². The van der Waals surface area contributed by atoms with Crippen LogP contribution in [-0.2, 0) is 20.1 Å². The Morgan fingerprint density at radius 2 is 1.88 bits per heavy atom. The van der Waals surface area contributed by atoms with Crippen molar-refractivity contribution in [1.29, 1.82) is 0 Å². The summed E-state index contributed by atoms with van der Waals surface area (Å²) in [5, 5.41) is 0. The third-order valence-electron chi connectivity index (χ3n) is 2.42. The Bertz CT molecular complexity index is 398. The summed E-state index contributed by atoms with van der Waals surface area (Å²) >= 11 is 0. The minimum Gasteiger partial charge on any atom is -0.270 e. The maximum atomic E-state index is 11.6. The van der Waals surface area contributed by atoms with Crippen LogP contribution in [0, 0.1) is 5.92 Å².